The van der Waals surface area contributed by atoms with Gasteiger partial charge in [-0.1, -0.05) is 0 Å². The molecule has 11 heteroatoms. The van der Waals surface area contributed by atoms with Crippen molar-refractivity contribution in [2.75, 3.05) is 26.2 Å². The highest BCUT2D eigenvalue weighted by Gasteiger charge is 2.33. The molecule has 1 fully saturated rings. The number of rotatable bonds is 4. The Labute approximate surface area is 176 Å². The molecule has 0 radical (unpaired) electrons. The van der Waals surface area contributed by atoms with Crippen LogP contribution in [-0.4, -0.2) is 59.9 Å². The minimum Gasteiger partial charge on any atom is -0.336 e. The Hall–Kier alpha value is -3.18. The molecule has 7 nitrogen and oxygen atoms in total. The van der Waals surface area contributed by atoms with Crippen molar-refractivity contribution in [1.82, 2.24) is 19.4 Å². The van der Waals surface area contributed by atoms with E-state index in [1.807, 2.05) is 0 Å². The Kier molecular flexibility index (Phi) is 5.54. The number of nitrogens with one attached hydrogen (secondary N) is 1. The van der Waals surface area contributed by atoms with Gasteiger partial charge in [-0.05, 0) is 42.5 Å². The molecule has 2 heterocycles. The third-order valence-electron chi connectivity index (χ3n) is 5.04. The summed E-state index contributed by atoms with van der Waals surface area (Å²) in [4.78, 5) is 13.7. The number of benzene rings is 2. The topological polar surface area (TPSA) is 86.4 Å². The van der Waals surface area contributed by atoms with Crippen LogP contribution in [0.15, 0.2) is 53.6 Å². The molecular formula is C20H17F3N4O3S. The fourth-order valence-electron chi connectivity index (χ4n) is 3.40. The van der Waals surface area contributed by atoms with Crippen LogP contribution in [0.5, 0.6) is 0 Å². The molecule has 1 aromatic heterocycles. The number of amides is 1. The van der Waals surface area contributed by atoms with Crippen LogP contribution in [0.25, 0.3) is 11.3 Å². The molecule has 1 aliphatic heterocycles. The maximum absolute atomic E-state index is 14.0. The number of aromatic amines is 1. The number of nitrogens with zero attached hydrogens (tertiary/aromatic N) is 3. The molecule has 0 aliphatic carbocycles. The second-order valence-corrected chi connectivity index (χ2v) is 8.84. The highest BCUT2D eigenvalue weighted by molar-refractivity contribution is 7.89. The van der Waals surface area contributed by atoms with Crippen molar-refractivity contribution in [3.05, 3.63) is 71.7 Å². The standard InChI is InChI=1S/C20H17F3N4O3S/c21-14-3-1-13(2-4-14)19-16(12-24-25-19)20(28)26-7-9-27(10-8-26)31(29,30)18-11-15(22)5-6-17(18)23/h1-6,11-12H,7-10H2,(H,24,25). The number of carbonyl (C=O) groups excluding carboxylic acids is 1. The average molecular weight is 450 g/mol. The molecule has 1 saturated heterocycles. The molecule has 0 unspecified atom stereocenters. The van der Waals surface area contributed by atoms with Crippen LogP contribution in [0, 0.1) is 17.5 Å². The summed E-state index contributed by atoms with van der Waals surface area (Å²) >= 11 is 0. The third kappa shape index (κ3) is 4.06. The lowest BCUT2D eigenvalue weighted by Gasteiger charge is -2.34. The van der Waals surface area contributed by atoms with E-state index in [4.69, 9.17) is 0 Å². The van der Waals surface area contributed by atoms with E-state index >= 15 is 0 Å². The molecule has 31 heavy (non-hydrogen) atoms. The van der Waals surface area contributed by atoms with Crippen molar-refractivity contribution in [3.63, 3.8) is 0 Å². The second-order valence-electron chi connectivity index (χ2n) is 6.94. The molecule has 0 atom stereocenters. The number of halogens is 3. The minimum absolute atomic E-state index is 0.0586. The van der Waals surface area contributed by atoms with Crippen molar-refractivity contribution < 1.29 is 26.4 Å². The van der Waals surface area contributed by atoms with Crippen LogP contribution in [0.1, 0.15) is 10.4 Å². The van der Waals surface area contributed by atoms with Gasteiger partial charge in [-0.15, -0.1) is 0 Å². The molecule has 3 aromatic rings. The number of sulfonamides is 1. The first kappa shape index (κ1) is 21.1. The van der Waals surface area contributed by atoms with Crippen molar-refractivity contribution in [2.45, 2.75) is 4.90 Å². The Morgan fingerprint density at radius 1 is 0.935 bits per heavy atom. The highest BCUT2D eigenvalue weighted by Crippen LogP contribution is 2.25. The first-order valence-corrected chi connectivity index (χ1v) is 10.7. The quantitative estimate of drug-likeness (QED) is 0.662. The highest BCUT2D eigenvalue weighted by atomic mass is 32.2. The summed E-state index contributed by atoms with van der Waals surface area (Å²) < 4.78 is 67.0. The SMILES string of the molecule is O=C(c1cn[nH]c1-c1ccc(F)cc1)N1CCN(S(=O)(=O)c2cc(F)ccc2F)CC1. The molecule has 4 rings (SSSR count). The van der Waals surface area contributed by atoms with Gasteiger partial charge in [-0.25, -0.2) is 21.6 Å². The van der Waals surface area contributed by atoms with Gasteiger partial charge in [0.1, 0.15) is 22.3 Å². The zero-order valence-electron chi connectivity index (χ0n) is 16.1. The minimum atomic E-state index is -4.25. The Balaban J connectivity index is 1.50. The van der Waals surface area contributed by atoms with Gasteiger partial charge >= 0.3 is 0 Å². The van der Waals surface area contributed by atoms with Gasteiger partial charge in [-0.2, -0.15) is 9.40 Å². The zero-order chi connectivity index (χ0) is 22.2. The number of piperazine rings is 1. The molecule has 0 saturated carbocycles. The zero-order valence-corrected chi connectivity index (χ0v) is 16.9. The summed E-state index contributed by atoms with van der Waals surface area (Å²) in [5.41, 5.74) is 1.26. The fraction of sp³-hybridized carbons (Fsp3) is 0.200. The van der Waals surface area contributed by atoms with Crippen LogP contribution in [0.3, 0.4) is 0 Å². The summed E-state index contributed by atoms with van der Waals surface area (Å²) in [5.74, 6) is -2.69. The lowest BCUT2D eigenvalue weighted by atomic mass is 10.1. The lowest BCUT2D eigenvalue weighted by molar-refractivity contribution is 0.0698. The predicted molar refractivity (Wildman–Crippen MR) is 105 cm³/mol. The van der Waals surface area contributed by atoms with Gasteiger partial charge in [0.15, 0.2) is 0 Å². The monoisotopic (exact) mass is 450 g/mol. The number of aromatic nitrogens is 2. The molecule has 162 valence electrons. The van der Waals surface area contributed by atoms with E-state index in [1.165, 1.54) is 35.4 Å². The maximum Gasteiger partial charge on any atom is 0.257 e. The van der Waals surface area contributed by atoms with Gasteiger partial charge in [0.2, 0.25) is 10.0 Å². The summed E-state index contributed by atoms with van der Waals surface area (Å²) in [6.45, 7) is -0.0341. The summed E-state index contributed by atoms with van der Waals surface area (Å²) in [5, 5.41) is 6.62. The van der Waals surface area contributed by atoms with Gasteiger partial charge in [0, 0.05) is 31.7 Å². The molecule has 0 spiro atoms. The number of hydrogen-bond donors (Lipinski definition) is 1. The van der Waals surface area contributed by atoms with E-state index in [0.29, 0.717) is 17.3 Å². The lowest BCUT2D eigenvalue weighted by Crippen LogP contribution is -2.50. The van der Waals surface area contributed by atoms with Crippen LogP contribution in [0.4, 0.5) is 13.2 Å². The van der Waals surface area contributed by atoms with Crippen molar-refractivity contribution in [3.8, 4) is 11.3 Å². The Bertz CT molecular complexity index is 1220. The van der Waals surface area contributed by atoms with Crippen molar-refractivity contribution >= 4 is 15.9 Å². The third-order valence-corrected chi connectivity index (χ3v) is 6.95. The number of hydrogen-bond acceptors (Lipinski definition) is 4. The summed E-state index contributed by atoms with van der Waals surface area (Å²) in [7, 11) is -4.25. The molecular weight excluding hydrogens is 433 g/mol. The fourth-order valence-corrected chi connectivity index (χ4v) is 4.90. The van der Waals surface area contributed by atoms with E-state index in [0.717, 1.165) is 16.4 Å². The predicted octanol–water partition coefficient (Wildman–Crippen LogP) is 2.64. The average Bonchev–Trinajstić information content (AvgIpc) is 3.25. The van der Waals surface area contributed by atoms with Crippen LogP contribution in [0.2, 0.25) is 0 Å². The maximum atomic E-state index is 14.0. The van der Waals surface area contributed by atoms with Crippen molar-refractivity contribution in [1.29, 1.82) is 0 Å². The molecule has 1 amide bonds. The molecule has 1 N–H and O–H groups in total. The number of carbonyl (C=O) groups is 1. The second kappa shape index (κ2) is 8.16. The smallest absolute Gasteiger partial charge is 0.257 e. The van der Waals surface area contributed by atoms with Gasteiger partial charge < -0.3 is 4.90 Å². The van der Waals surface area contributed by atoms with Gasteiger partial charge in [0.05, 0.1) is 17.5 Å². The Morgan fingerprint density at radius 3 is 2.26 bits per heavy atom. The molecule has 0 bridgehead atoms. The molecule has 1 aliphatic rings. The van der Waals surface area contributed by atoms with Gasteiger partial charge in [-0.3, -0.25) is 9.89 Å². The largest absolute Gasteiger partial charge is 0.336 e. The van der Waals surface area contributed by atoms with Crippen LogP contribution < -0.4 is 0 Å². The van der Waals surface area contributed by atoms with E-state index in [1.54, 1.807) is 0 Å². The summed E-state index contributed by atoms with van der Waals surface area (Å²) in [6, 6.07) is 7.80. The first-order chi connectivity index (χ1) is 14.8. The van der Waals surface area contributed by atoms with E-state index in [9.17, 15) is 26.4 Å². The van der Waals surface area contributed by atoms with Crippen LogP contribution >= 0.6 is 0 Å². The summed E-state index contributed by atoms with van der Waals surface area (Å²) in [6.07, 6.45) is 1.35. The Morgan fingerprint density at radius 2 is 1.58 bits per heavy atom. The first-order valence-electron chi connectivity index (χ1n) is 9.31. The van der Waals surface area contributed by atoms with Crippen molar-refractivity contribution in [2.24, 2.45) is 0 Å². The van der Waals surface area contributed by atoms with Gasteiger partial charge in [0.25, 0.3) is 5.91 Å². The number of H-pyrrole nitrogens is 1. The van der Waals surface area contributed by atoms with E-state index in [-0.39, 0.29) is 37.6 Å². The van der Waals surface area contributed by atoms with E-state index < -0.39 is 32.4 Å². The van der Waals surface area contributed by atoms with E-state index in [2.05, 4.69) is 10.2 Å². The van der Waals surface area contributed by atoms with Crippen LogP contribution in [-0.2, 0) is 10.0 Å². The molecule has 2 aromatic carbocycles. The normalized spacial score (nSPS) is 15.3.